The number of likely N-dealkylation sites (N-methyl/N-ethyl adjacent to an activating group) is 1. The van der Waals surface area contributed by atoms with Crippen LogP contribution in [-0.4, -0.2) is 41.6 Å². The molecule has 0 unspecified atom stereocenters. The molecule has 0 saturated carbocycles. The van der Waals surface area contributed by atoms with E-state index in [0.717, 1.165) is 17.7 Å². The van der Waals surface area contributed by atoms with Crippen molar-refractivity contribution >= 4 is 11.9 Å². The van der Waals surface area contributed by atoms with Crippen LogP contribution in [0.25, 0.3) is 0 Å². The Bertz CT molecular complexity index is 557. The fraction of sp³-hybridized carbons (Fsp3) is 0.333. The standard InChI is InChI=1S/C15H18FNO4/c1-4-17(8-10(2)3)14(18)9-21-13-6-5-11(16)7-12(13)15(19)20/h5-7H,2,4,8-9H2,1,3H3,(H,19,20). The molecule has 0 atom stereocenters. The van der Waals surface area contributed by atoms with Crippen molar-refractivity contribution in [2.24, 2.45) is 0 Å². The topological polar surface area (TPSA) is 66.8 Å². The molecule has 1 aromatic carbocycles. The fourth-order valence-corrected chi connectivity index (χ4v) is 1.73. The molecule has 114 valence electrons. The number of ether oxygens (including phenoxy) is 1. The highest BCUT2D eigenvalue weighted by Gasteiger charge is 2.16. The van der Waals surface area contributed by atoms with Crippen molar-refractivity contribution in [3.8, 4) is 5.75 Å². The van der Waals surface area contributed by atoms with Gasteiger partial charge in [-0.25, -0.2) is 9.18 Å². The molecule has 0 aromatic heterocycles. The molecule has 0 aliphatic heterocycles. The predicted octanol–water partition coefficient (Wildman–Crippen LogP) is 2.33. The average Bonchev–Trinajstić information content (AvgIpc) is 2.42. The summed E-state index contributed by atoms with van der Waals surface area (Å²) in [6.45, 7) is 7.95. The molecule has 6 heteroatoms. The minimum absolute atomic E-state index is 0.0383. The first-order valence-corrected chi connectivity index (χ1v) is 6.43. The Hall–Kier alpha value is -2.37. The van der Waals surface area contributed by atoms with Gasteiger partial charge in [-0.2, -0.15) is 0 Å². The molecule has 0 bridgehead atoms. The quantitative estimate of drug-likeness (QED) is 0.784. The molecule has 0 aliphatic carbocycles. The summed E-state index contributed by atoms with van der Waals surface area (Å²) in [5.74, 6) is -2.32. The Morgan fingerprint density at radius 1 is 1.43 bits per heavy atom. The van der Waals surface area contributed by atoms with E-state index in [2.05, 4.69) is 6.58 Å². The number of hydrogen-bond acceptors (Lipinski definition) is 3. The van der Waals surface area contributed by atoms with Crippen molar-refractivity contribution < 1.29 is 23.8 Å². The SMILES string of the molecule is C=C(C)CN(CC)C(=O)COc1ccc(F)cc1C(=O)O. The van der Waals surface area contributed by atoms with Gasteiger partial charge in [-0.05, 0) is 32.0 Å². The van der Waals surface area contributed by atoms with Crippen LogP contribution in [0.4, 0.5) is 4.39 Å². The molecule has 5 nitrogen and oxygen atoms in total. The fourth-order valence-electron chi connectivity index (χ4n) is 1.73. The summed E-state index contributed by atoms with van der Waals surface area (Å²) in [7, 11) is 0. The van der Waals surface area contributed by atoms with E-state index in [1.165, 1.54) is 11.0 Å². The van der Waals surface area contributed by atoms with Crippen molar-refractivity contribution in [1.29, 1.82) is 0 Å². The summed E-state index contributed by atoms with van der Waals surface area (Å²) >= 11 is 0. The summed E-state index contributed by atoms with van der Waals surface area (Å²) < 4.78 is 18.2. The second kappa shape index (κ2) is 7.42. The maximum Gasteiger partial charge on any atom is 0.339 e. The number of nitrogens with zero attached hydrogens (tertiary/aromatic N) is 1. The van der Waals surface area contributed by atoms with Gasteiger partial charge in [0, 0.05) is 13.1 Å². The number of amides is 1. The first-order valence-electron chi connectivity index (χ1n) is 6.43. The van der Waals surface area contributed by atoms with Gasteiger partial charge in [-0.15, -0.1) is 0 Å². The Morgan fingerprint density at radius 3 is 2.62 bits per heavy atom. The lowest BCUT2D eigenvalue weighted by Gasteiger charge is -2.21. The Morgan fingerprint density at radius 2 is 2.10 bits per heavy atom. The highest BCUT2D eigenvalue weighted by molar-refractivity contribution is 5.91. The number of carboxylic acid groups (broad SMARTS) is 1. The molecule has 0 spiro atoms. The van der Waals surface area contributed by atoms with Gasteiger partial charge in [0.15, 0.2) is 6.61 Å². The number of carboxylic acids is 1. The van der Waals surface area contributed by atoms with Crippen LogP contribution in [0.15, 0.2) is 30.4 Å². The van der Waals surface area contributed by atoms with E-state index in [1.807, 2.05) is 6.92 Å². The highest BCUT2D eigenvalue weighted by atomic mass is 19.1. The number of carbonyl (C=O) groups is 2. The molecular formula is C15H18FNO4. The van der Waals surface area contributed by atoms with Crippen molar-refractivity contribution in [2.45, 2.75) is 13.8 Å². The van der Waals surface area contributed by atoms with Crippen molar-refractivity contribution in [1.82, 2.24) is 4.90 Å². The smallest absolute Gasteiger partial charge is 0.339 e. The number of aromatic carboxylic acids is 1. The molecular weight excluding hydrogens is 277 g/mol. The monoisotopic (exact) mass is 295 g/mol. The molecule has 1 amide bonds. The van der Waals surface area contributed by atoms with E-state index < -0.39 is 11.8 Å². The van der Waals surface area contributed by atoms with Crippen molar-refractivity contribution in [3.05, 3.63) is 41.7 Å². The minimum Gasteiger partial charge on any atom is -0.483 e. The largest absolute Gasteiger partial charge is 0.483 e. The van der Waals surface area contributed by atoms with E-state index in [4.69, 9.17) is 9.84 Å². The van der Waals surface area contributed by atoms with Crippen molar-refractivity contribution in [3.63, 3.8) is 0 Å². The van der Waals surface area contributed by atoms with Crippen LogP contribution in [0.2, 0.25) is 0 Å². The van der Waals surface area contributed by atoms with Crippen LogP contribution in [0.3, 0.4) is 0 Å². The van der Waals surface area contributed by atoms with Gasteiger partial charge >= 0.3 is 5.97 Å². The zero-order valence-electron chi connectivity index (χ0n) is 12.1. The second-order valence-electron chi connectivity index (χ2n) is 4.60. The van der Waals surface area contributed by atoms with E-state index in [-0.39, 0.29) is 23.8 Å². The van der Waals surface area contributed by atoms with Gasteiger partial charge in [0.1, 0.15) is 17.1 Å². The average molecular weight is 295 g/mol. The first-order chi connectivity index (χ1) is 9.85. The lowest BCUT2D eigenvalue weighted by Crippen LogP contribution is -2.36. The molecule has 21 heavy (non-hydrogen) atoms. The Balaban J connectivity index is 2.77. The summed E-state index contributed by atoms with van der Waals surface area (Å²) in [6, 6.07) is 3.13. The van der Waals surface area contributed by atoms with E-state index in [9.17, 15) is 14.0 Å². The summed E-state index contributed by atoms with van der Waals surface area (Å²) in [4.78, 5) is 24.5. The summed E-state index contributed by atoms with van der Waals surface area (Å²) in [5.41, 5.74) is 0.518. The van der Waals surface area contributed by atoms with Gasteiger partial charge in [0.25, 0.3) is 5.91 Å². The number of benzene rings is 1. The van der Waals surface area contributed by atoms with Gasteiger partial charge in [0.2, 0.25) is 0 Å². The lowest BCUT2D eigenvalue weighted by atomic mass is 10.2. The molecule has 1 N–H and O–H groups in total. The number of halogens is 1. The van der Waals surface area contributed by atoms with Gasteiger partial charge in [-0.3, -0.25) is 4.79 Å². The molecule has 0 aliphatic rings. The second-order valence-corrected chi connectivity index (χ2v) is 4.60. The molecule has 0 heterocycles. The van der Waals surface area contributed by atoms with Crippen LogP contribution in [-0.2, 0) is 4.79 Å². The third kappa shape index (κ3) is 4.91. The number of carbonyl (C=O) groups excluding carboxylic acids is 1. The van der Waals surface area contributed by atoms with E-state index >= 15 is 0 Å². The highest BCUT2D eigenvalue weighted by Crippen LogP contribution is 2.19. The maximum atomic E-state index is 13.0. The van der Waals surface area contributed by atoms with Crippen LogP contribution in [0.1, 0.15) is 24.2 Å². The van der Waals surface area contributed by atoms with Gasteiger partial charge in [-0.1, -0.05) is 12.2 Å². The van der Waals surface area contributed by atoms with E-state index in [1.54, 1.807) is 6.92 Å². The first kappa shape index (κ1) is 16.7. The lowest BCUT2D eigenvalue weighted by molar-refractivity contribution is -0.132. The predicted molar refractivity (Wildman–Crippen MR) is 75.9 cm³/mol. The molecule has 1 rings (SSSR count). The normalized spacial score (nSPS) is 10.0. The van der Waals surface area contributed by atoms with E-state index in [0.29, 0.717) is 13.1 Å². The van der Waals surface area contributed by atoms with Gasteiger partial charge < -0.3 is 14.7 Å². The molecule has 0 saturated heterocycles. The Labute approximate surface area is 122 Å². The molecule has 0 fully saturated rings. The summed E-state index contributed by atoms with van der Waals surface area (Å²) in [6.07, 6.45) is 0. The minimum atomic E-state index is -1.31. The van der Waals surface area contributed by atoms with Crippen LogP contribution < -0.4 is 4.74 Å². The van der Waals surface area contributed by atoms with Crippen molar-refractivity contribution in [2.75, 3.05) is 19.7 Å². The summed E-state index contributed by atoms with van der Waals surface area (Å²) in [5, 5.41) is 8.98. The molecule has 1 aromatic rings. The van der Waals surface area contributed by atoms with Crippen LogP contribution in [0.5, 0.6) is 5.75 Å². The maximum absolute atomic E-state index is 13.0. The van der Waals surface area contributed by atoms with Crippen LogP contribution >= 0.6 is 0 Å². The third-order valence-corrected chi connectivity index (χ3v) is 2.72. The zero-order chi connectivity index (χ0) is 16.0. The number of rotatable bonds is 7. The molecule has 0 radical (unpaired) electrons. The van der Waals surface area contributed by atoms with Gasteiger partial charge in [0.05, 0.1) is 0 Å². The zero-order valence-corrected chi connectivity index (χ0v) is 12.1. The third-order valence-electron chi connectivity index (χ3n) is 2.72. The number of hydrogen-bond donors (Lipinski definition) is 1. The van der Waals surface area contributed by atoms with Crippen LogP contribution in [0, 0.1) is 5.82 Å². The Kier molecular flexibility index (Phi) is 5.90.